The van der Waals surface area contributed by atoms with Crippen LogP contribution in [0.2, 0.25) is 0 Å². The summed E-state index contributed by atoms with van der Waals surface area (Å²) in [6.07, 6.45) is 2.34. The predicted octanol–water partition coefficient (Wildman–Crippen LogP) is 2.84. The molecule has 0 aromatic carbocycles. The average molecular weight is 225 g/mol. The summed E-state index contributed by atoms with van der Waals surface area (Å²) in [6, 6.07) is 0. The van der Waals surface area contributed by atoms with Crippen LogP contribution >= 0.6 is 11.3 Å². The Bertz CT molecular complexity index is 368. The third-order valence-corrected chi connectivity index (χ3v) is 3.73. The summed E-state index contributed by atoms with van der Waals surface area (Å²) >= 11 is 1.49. The van der Waals surface area contributed by atoms with Gasteiger partial charge in [-0.05, 0) is 18.8 Å². The second kappa shape index (κ2) is 3.93. The largest absolute Gasteiger partial charge is 0.481 e. The second-order valence-electron chi connectivity index (χ2n) is 4.44. The monoisotopic (exact) mass is 225 g/mol. The second-order valence-corrected chi connectivity index (χ2v) is 5.32. The van der Waals surface area contributed by atoms with Crippen LogP contribution in [0.1, 0.15) is 49.1 Å². The van der Waals surface area contributed by atoms with Crippen LogP contribution in [0.5, 0.6) is 0 Å². The number of aromatic nitrogens is 1. The topological polar surface area (TPSA) is 50.2 Å². The summed E-state index contributed by atoms with van der Waals surface area (Å²) < 4.78 is 0. The number of hydrogen-bond acceptors (Lipinski definition) is 3. The lowest BCUT2D eigenvalue weighted by molar-refractivity contribution is -0.139. The lowest BCUT2D eigenvalue weighted by atomic mass is 9.92. The van der Waals surface area contributed by atoms with Gasteiger partial charge in [0.05, 0.1) is 17.1 Å². The van der Waals surface area contributed by atoms with E-state index in [9.17, 15) is 9.90 Å². The minimum atomic E-state index is -0.726. The molecule has 15 heavy (non-hydrogen) atoms. The molecule has 0 bridgehead atoms. The van der Waals surface area contributed by atoms with E-state index in [-0.39, 0.29) is 11.8 Å². The fourth-order valence-electron chi connectivity index (χ4n) is 1.86. The number of nitrogens with zero attached hydrogens (tertiary/aromatic N) is 1. The van der Waals surface area contributed by atoms with Gasteiger partial charge >= 0.3 is 5.97 Å². The van der Waals surface area contributed by atoms with Gasteiger partial charge in [0, 0.05) is 10.8 Å². The molecular formula is C11H15NO2S. The maximum Gasteiger partial charge on any atom is 0.312 e. The van der Waals surface area contributed by atoms with Crippen molar-refractivity contribution in [1.29, 1.82) is 0 Å². The third-order valence-electron chi connectivity index (χ3n) is 2.80. The summed E-state index contributed by atoms with van der Waals surface area (Å²) in [5.41, 5.74) is 2.82. The van der Waals surface area contributed by atoms with Gasteiger partial charge in [-0.15, -0.1) is 11.3 Å². The molecule has 0 spiro atoms. The van der Waals surface area contributed by atoms with Crippen LogP contribution in [0.15, 0.2) is 5.51 Å². The van der Waals surface area contributed by atoms with Crippen molar-refractivity contribution in [2.45, 2.75) is 38.5 Å². The molecule has 1 N–H and O–H groups in total. The zero-order valence-electron chi connectivity index (χ0n) is 8.93. The normalized spacial score (nSPS) is 18.1. The minimum Gasteiger partial charge on any atom is -0.481 e. The van der Waals surface area contributed by atoms with Crippen LogP contribution in [0, 0.1) is 5.92 Å². The number of carboxylic acids is 1. The molecule has 0 radical (unpaired) electrons. The van der Waals surface area contributed by atoms with Gasteiger partial charge in [0.15, 0.2) is 0 Å². The van der Waals surface area contributed by atoms with Crippen molar-refractivity contribution in [3.63, 3.8) is 0 Å². The smallest absolute Gasteiger partial charge is 0.312 e. The third kappa shape index (κ3) is 2.04. The Kier molecular flexibility index (Phi) is 2.78. The molecule has 1 atom stereocenters. The van der Waals surface area contributed by atoms with E-state index in [1.807, 2.05) is 13.8 Å². The highest BCUT2D eigenvalue weighted by atomic mass is 32.1. The molecule has 2 rings (SSSR count). The Morgan fingerprint density at radius 3 is 2.73 bits per heavy atom. The lowest BCUT2D eigenvalue weighted by Gasteiger charge is -2.15. The van der Waals surface area contributed by atoms with Gasteiger partial charge in [0.2, 0.25) is 0 Å². The highest BCUT2D eigenvalue weighted by Gasteiger charge is 2.34. The molecule has 4 heteroatoms. The van der Waals surface area contributed by atoms with Crippen molar-refractivity contribution in [2.24, 2.45) is 5.92 Å². The van der Waals surface area contributed by atoms with Crippen LogP contribution in [-0.2, 0) is 4.79 Å². The minimum absolute atomic E-state index is 0.125. The van der Waals surface area contributed by atoms with E-state index in [4.69, 9.17) is 0 Å². The molecule has 1 unspecified atom stereocenters. The molecule has 1 aliphatic rings. The molecular weight excluding hydrogens is 210 g/mol. The maximum absolute atomic E-state index is 11.2. The van der Waals surface area contributed by atoms with E-state index >= 15 is 0 Å². The molecule has 1 aliphatic carbocycles. The van der Waals surface area contributed by atoms with E-state index in [2.05, 4.69) is 4.98 Å². The molecule has 82 valence electrons. The van der Waals surface area contributed by atoms with Crippen LogP contribution in [0.25, 0.3) is 0 Å². The van der Waals surface area contributed by atoms with Gasteiger partial charge in [-0.25, -0.2) is 4.98 Å². The van der Waals surface area contributed by atoms with Gasteiger partial charge in [0.25, 0.3) is 0 Å². The van der Waals surface area contributed by atoms with Crippen LogP contribution in [0.4, 0.5) is 0 Å². The molecule has 1 aromatic heterocycles. The fourth-order valence-corrected chi connectivity index (χ4v) is 3.00. The van der Waals surface area contributed by atoms with Crippen molar-refractivity contribution in [3.05, 3.63) is 16.1 Å². The van der Waals surface area contributed by atoms with Crippen LogP contribution < -0.4 is 0 Å². The number of carboxylic acid groups (broad SMARTS) is 1. The lowest BCUT2D eigenvalue weighted by Crippen LogP contribution is -2.17. The predicted molar refractivity (Wildman–Crippen MR) is 59.3 cm³/mol. The van der Waals surface area contributed by atoms with Gasteiger partial charge in [0.1, 0.15) is 0 Å². The molecule has 3 nitrogen and oxygen atoms in total. The Hall–Kier alpha value is -0.900. The maximum atomic E-state index is 11.2. The zero-order chi connectivity index (χ0) is 11.0. The first kappa shape index (κ1) is 10.6. The molecule has 0 amide bonds. The molecule has 1 aromatic rings. The Balaban J connectivity index is 2.32. The van der Waals surface area contributed by atoms with Gasteiger partial charge in [-0.2, -0.15) is 0 Å². The highest BCUT2D eigenvalue weighted by molar-refractivity contribution is 7.10. The molecule has 0 aliphatic heterocycles. The summed E-state index contributed by atoms with van der Waals surface area (Å²) in [6.45, 7) is 3.91. The SMILES string of the molecule is CC(C)C(C(=O)O)c1scnc1C1CC1. The van der Waals surface area contributed by atoms with Crippen molar-refractivity contribution in [3.8, 4) is 0 Å². The van der Waals surface area contributed by atoms with E-state index in [1.54, 1.807) is 5.51 Å². The quantitative estimate of drug-likeness (QED) is 0.857. The van der Waals surface area contributed by atoms with Crippen LogP contribution in [-0.4, -0.2) is 16.1 Å². The van der Waals surface area contributed by atoms with E-state index in [0.29, 0.717) is 5.92 Å². The molecule has 0 saturated heterocycles. The molecule has 1 heterocycles. The molecule has 1 fully saturated rings. The first-order chi connectivity index (χ1) is 7.11. The number of thiazole rings is 1. The Morgan fingerprint density at radius 2 is 2.27 bits per heavy atom. The molecule has 1 saturated carbocycles. The first-order valence-electron chi connectivity index (χ1n) is 5.27. The van der Waals surface area contributed by atoms with Crippen molar-refractivity contribution < 1.29 is 9.90 Å². The Morgan fingerprint density at radius 1 is 1.60 bits per heavy atom. The average Bonchev–Trinajstić information content (AvgIpc) is 2.87. The fraction of sp³-hybridized carbons (Fsp3) is 0.636. The van der Waals surface area contributed by atoms with E-state index in [0.717, 1.165) is 10.6 Å². The van der Waals surface area contributed by atoms with E-state index < -0.39 is 5.97 Å². The van der Waals surface area contributed by atoms with Crippen molar-refractivity contribution in [1.82, 2.24) is 4.98 Å². The number of aliphatic carboxylic acids is 1. The highest BCUT2D eigenvalue weighted by Crippen LogP contribution is 2.45. The van der Waals surface area contributed by atoms with Crippen molar-refractivity contribution in [2.75, 3.05) is 0 Å². The first-order valence-corrected chi connectivity index (χ1v) is 6.15. The van der Waals surface area contributed by atoms with Gasteiger partial charge < -0.3 is 5.11 Å². The summed E-state index contributed by atoms with van der Waals surface area (Å²) in [4.78, 5) is 16.5. The number of rotatable bonds is 4. The standard InChI is InChI=1S/C11H15NO2S/c1-6(2)8(11(13)14)10-9(7-3-4-7)12-5-15-10/h5-8H,3-4H2,1-2H3,(H,13,14). The van der Waals surface area contributed by atoms with Crippen molar-refractivity contribution >= 4 is 17.3 Å². The van der Waals surface area contributed by atoms with Gasteiger partial charge in [-0.3, -0.25) is 4.79 Å². The number of hydrogen-bond donors (Lipinski definition) is 1. The summed E-state index contributed by atoms with van der Waals surface area (Å²) in [5, 5.41) is 9.22. The summed E-state index contributed by atoms with van der Waals surface area (Å²) in [5.74, 6) is -0.448. The Labute approximate surface area is 93.2 Å². The van der Waals surface area contributed by atoms with Gasteiger partial charge in [-0.1, -0.05) is 13.8 Å². The van der Waals surface area contributed by atoms with Crippen LogP contribution in [0.3, 0.4) is 0 Å². The summed E-state index contributed by atoms with van der Waals surface area (Å²) in [7, 11) is 0. The zero-order valence-corrected chi connectivity index (χ0v) is 9.75. The number of carbonyl (C=O) groups is 1. The van der Waals surface area contributed by atoms with E-state index in [1.165, 1.54) is 24.2 Å².